The molecule has 0 aromatic heterocycles. The Kier molecular flexibility index (Phi) is 12.5. The number of hydrogen-bond donors (Lipinski definition) is 1. The van der Waals surface area contributed by atoms with E-state index in [-0.39, 0.29) is 17.3 Å². The molecule has 1 unspecified atom stereocenters. The van der Waals surface area contributed by atoms with Crippen LogP contribution in [0.5, 0.6) is 0 Å². The van der Waals surface area contributed by atoms with Crippen LogP contribution in [0.25, 0.3) is 0 Å². The predicted molar refractivity (Wildman–Crippen MR) is 78.4 cm³/mol. The first-order valence-electron chi connectivity index (χ1n) is 6.65. The highest BCUT2D eigenvalue weighted by Gasteiger charge is 2.04. The van der Waals surface area contributed by atoms with Gasteiger partial charge in [-0.1, -0.05) is 13.8 Å². The second-order valence-corrected chi connectivity index (χ2v) is 5.48. The van der Waals surface area contributed by atoms with Crippen LogP contribution in [0.1, 0.15) is 20.8 Å². The summed E-state index contributed by atoms with van der Waals surface area (Å²) < 4.78 is 16.1. The summed E-state index contributed by atoms with van der Waals surface area (Å²) in [5.41, 5.74) is 0.212. The zero-order chi connectivity index (χ0) is 14.5. The molecule has 0 saturated carbocycles. The maximum Gasteiger partial charge on any atom is 0.222 e. The smallest absolute Gasteiger partial charge is 0.222 e. The number of ether oxygens (including phenoxy) is 3. The number of thioether (sulfide) groups is 1. The molecule has 114 valence electrons. The fourth-order valence-corrected chi connectivity index (χ4v) is 1.35. The van der Waals surface area contributed by atoms with Gasteiger partial charge in [-0.25, -0.2) is 0 Å². The lowest BCUT2D eigenvalue weighted by Crippen LogP contribution is -2.31. The van der Waals surface area contributed by atoms with Crippen LogP contribution in [0.4, 0.5) is 0 Å². The first kappa shape index (κ1) is 18.7. The zero-order valence-corrected chi connectivity index (χ0v) is 13.3. The van der Waals surface area contributed by atoms with Crippen LogP contribution in [-0.4, -0.2) is 57.2 Å². The van der Waals surface area contributed by atoms with Gasteiger partial charge < -0.3 is 19.5 Å². The molecule has 0 radical (unpaired) electrons. The molecule has 0 aliphatic heterocycles. The molecule has 1 atom stereocenters. The number of carbonyl (C=O) groups excluding carboxylic acids is 1. The summed E-state index contributed by atoms with van der Waals surface area (Å²) in [6.07, 6.45) is 2.01. The summed E-state index contributed by atoms with van der Waals surface area (Å²) in [6.45, 7) is 9.08. The number of rotatable bonds is 12. The van der Waals surface area contributed by atoms with Crippen molar-refractivity contribution in [2.75, 3.05) is 45.8 Å². The van der Waals surface area contributed by atoms with Crippen molar-refractivity contribution in [3.63, 3.8) is 0 Å². The highest BCUT2D eigenvalue weighted by molar-refractivity contribution is 7.99. The normalized spacial score (nSPS) is 12.7. The molecule has 0 fully saturated rings. The lowest BCUT2D eigenvalue weighted by Gasteiger charge is -2.10. The molecule has 0 spiro atoms. The van der Waals surface area contributed by atoms with Gasteiger partial charge in [-0.3, -0.25) is 4.79 Å². The Balaban J connectivity index is 3.13. The van der Waals surface area contributed by atoms with Crippen LogP contribution in [0, 0.1) is 5.92 Å². The molecule has 0 aliphatic carbocycles. The van der Waals surface area contributed by atoms with Gasteiger partial charge in [0.2, 0.25) is 5.91 Å². The molecular formula is C13H27NO4S. The lowest BCUT2D eigenvalue weighted by molar-refractivity contribution is -0.124. The standard InChI is InChI=1S/C13H27NO4S/c1-11(2)13(15)14-5-6-16-7-8-17-9-10-18-12(3)19-4/h11-12H,5-10H2,1-4H3,(H,14,15). The number of carbonyl (C=O) groups is 1. The van der Waals surface area contributed by atoms with Gasteiger partial charge in [-0.15, -0.1) is 11.8 Å². The SMILES string of the molecule is CSC(C)OCCOCCOCCNC(=O)C(C)C. The summed E-state index contributed by atoms with van der Waals surface area (Å²) in [7, 11) is 0. The number of nitrogens with one attached hydrogen (secondary N) is 1. The quantitative estimate of drug-likeness (QED) is 0.437. The Morgan fingerprint density at radius 3 is 2.21 bits per heavy atom. The van der Waals surface area contributed by atoms with Crippen molar-refractivity contribution in [3.05, 3.63) is 0 Å². The van der Waals surface area contributed by atoms with Crippen LogP contribution in [0.3, 0.4) is 0 Å². The predicted octanol–water partition coefficient (Wildman–Crippen LogP) is 1.52. The van der Waals surface area contributed by atoms with Crippen molar-refractivity contribution < 1.29 is 19.0 Å². The molecule has 1 amide bonds. The van der Waals surface area contributed by atoms with E-state index in [2.05, 4.69) is 5.32 Å². The summed E-state index contributed by atoms with van der Waals surface area (Å²) in [4.78, 5) is 11.2. The second-order valence-electron chi connectivity index (χ2n) is 4.34. The third-order valence-corrected chi connectivity index (χ3v) is 3.15. The Hall–Kier alpha value is -0.300. The van der Waals surface area contributed by atoms with E-state index in [1.165, 1.54) is 0 Å². The van der Waals surface area contributed by atoms with Gasteiger partial charge >= 0.3 is 0 Å². The van der Waals surface area contributed by atoms with Crippen LogP contribution >= 0.6 is 11.8 Å². The van der Waals surface area contributed by atoms with Gasteiger partial charge in [-0.2, -0.15) is 0 Å². The molecule has 19 heavy (non-hydrogen) atoms. The van der Waals surface area contributed by atoms with Crippen molar-refractivity contribution in [2.24, 2.45) is 5.92 Å². The largest absolute Gasteiger partial charge is 0.377 e. The average Bonchev–Trinajstić information content (AvgIpc) is 2.39. The average molecular weight is 293 g/mol. The van der Waals surface area contributed by atoms with E-state index in [1.54, 1.807) is 11.8 Å². The molecule has 0 aromatic rings. The van der Waals surface area contributed by atoms with Gasteiger partial charge in [0.15, 0.2) is 0 Å². The summed E-state index contributed by atoms with van der Waals surface area (Å²) >= 11 is 1.67. The zero-order valence-electron chi connectivity index (χ0n) is 12.4. The van der Waals surface area contributed by atoms with E-state index < -0.39 is 0 Å². The van der Waals surface area contributed by atoms with E-state index in [4.69, 9.17) is 14.2 Å². The molecule has 0 rings (SSSR count). The minimum atomic E-state index is 0.0204. The van der Waals surface area contributed by atoms with Crippen molar-refractivity contribution in [1.29, 1.82) is 0 Å². The highest BCUT2D eigenvalue weighted by atomic mass is 32.2. The molecule has 0 heterocycles. The molecule has 5 nitrogen and oxygen atoms in total. The molecular weight excluding hydrogens is 266 g/mol. The van der Waals surface area contributed by atoms with Gasteiger partial charge in [-0.05, 0) is 13.2 Å². The Bertz CT molecular complexity index is 227. The van der Waals surface area contributed by atoms with Gasteiger partial charge in [0, 0.05) is 12.5 Å². The Labute approximate surface area is 120 Å². The maximum absolute atomic E-state index is 11.2. The summed E-state index contributed by atoms with van der Waals surface area (Å²) in [6, 6.07) is 0. The van der Waals surface area contributed by atoms with E-state index >= 15 is 0 Å². The van der Waals surface area contributed by atoms with E-state index in [1.807, 2.05) is 27.0 Å². The van der Waals surface area contributed by atoms with Crippen molar-refractivity contribution in [1.82, 2.24) is 5.32 Å². The fourth-order valence-electron chi connectivity index (χ4n) is 1.11. The van der Waals surface area contributed by atoms with E-state index in [0.29, 0.717) is 39.6 Å². The molecule has 1 N–H and O–H groups in total. The van der Waals surface area contributed by atoms with Crippen molar-refractivity contribution in [2.45, 2.75) is 26.2 Å². The van der Waals surface area contributed by atoms with Crippen LogP contribution in [-0.2, 0) is 19.0 Å². The number of amides is 1. The molecule has 6 heteroatoms. The van der Waals surface area contributed by atoms with E-state index in [9.17, 15) is 4.79 Å². The Morgan fingerprint density at radius 1 is 1.05 bits per heavy atom. The molecule has 0 aromatic carbocycles. The van der Waals surface area contributed by atoms with Crippen molar-refractivity contribution >= 4 is 17.7 Å². The first-order valence-corrected chi connectivity index (χ1v) is 7.94. The third-order valence-electron chi connectivity index (χ3n) is 2.35. The van der Waals surface area contributed by atoms with Crippen LogP contribution < -0.4 is 5.32 Å². The number of hydrogen-bond acceptors (Lipinski definition) is 5. The summed E-state index contributed by atoms with van der Waals surface area (Å²) in [5.74, 6) is 0.0759. The lowest BCUT2D eigenvalue weighted by atomic mass is 10.2. The minimum absolute atomic E-state index is 0.0204. The third kappa shape index (κ3) is 12.5. The fraction of sp³-hybridized carbons (Fsp3) is 0.923. The van der Waals surface area contributed by atoms with Gasteiger partial charge in [0.05, 0.1) is 38.5 Å². The van der Waals surface area contributed by atoms with Crippen molar-refractivity contribution in [3.8, 4) is 0 Å². The van der Waals surface area contributed by atoms with E-state index in [0.717, 1.165) is 0 Å². The first-order chi connectivity index (χ1) is 9.07. The topological polar surface area (TPSA) is 56.8 Å². The maximum atomic E-state index is 11.2. The summed E-state index contributed by atoms with van der Waals surface area (Å²) in [5, 5.41) is 2.79. The monoisotopic (exact) mass is 293 g/mol. The minimum Gasteiger partial charge on any atom is -0.377 e. The van der Waals surface area contributed by atoms with Crippen LogP contribution in [0.15, 0.2) is 0 Å². The Morgan fingerprint density at radius 2 is 1.63 bits per heavy atom. The van der Waals surface area contributed by atoms with Crippen LogP contribution in [0.2, 0.25) is 0 Å². The second kappa shape index (κ2) is 12.7. The molecule has 0 bridgehead atoms. The van der Waals surface area contributed by atoms with Gasteiger partial charge in [0.1, 0.15) is 0 Å². The van der Waals surface area contributed by atoms with Gasteiger partial charge in [0.25, 0.3) is 0 Å². The highest BCUT2D eigenvalue weighted by Crippen LogP contribution is 2.05. The molecule has 0 aliphatic rings. The molecule has 0 saturated heterocycles.